The van der Waals surface area contributed by atoms with Crippen LogP contribution in [0.3, 0.4) is 0 Å². The minimum absolute atomic E-state index is 0.0844. The summed E-state index contributed by atoms with van der Waals surface area (Å²) in [5.41, 5.74) is 7.05. The molecule has 2 aromatic rings. The van der Waals surface area contributed by atoms with E-state index in [4.69, 9.17) is 10.5 Å². The third-order valence-corrected chi connectivity index (χ3v) is 4.99. The van der Waals surface area contributed by atoms with Crippen LogP contribution in [0.2, 0.25) is 0 Å². The summed E-state index contributed by atoms with van der Waals surface area (Å²) < 4.78 is 7.30. The molecule has 3 rings (SSSR count). The van der Waals surface area contributed by atoms with Gasteiger partial charge in [-0.1, -0.05) is 13.8 Å². The largest absolute Gasteiger partial charge is 0.383 e. The molecule has 1 aliphatic heterocycles. The average Bonchev–Trinajstić information content (AvgIpc) is 3.13. The van der Waals surface area contributed by atoms with Crippen molar-refractivity contribution in [2.75, 3.05) is 32.5 Å². The van der Waals surface area contributed by atoms with Gasteiger partial charge in [0.1, 0.15) is 11.5 Å². The Balaban J connectivity index is 1.75. The van der Waals surface area contributed by atoms with Crippen molar-refractivity contribution in [3.8, 4) is 0 Å². The minimum atomic E-state index is -0.0844. The number of piperidine rings is 1. The second kappa shape index (κ2) is 9.14. The van der Waals surface area contributed by atoms with Crippen molar-refractivity contribution in [2.45, 2.75) is 45.6 Å². The number of hydrogen-bond donors (Lipinski definition) is 1. The van der Waals surface area contributed by atoms with Crippen LogP contribution in [0.25, 0.3) is 0 Å². The van der Waals surface area contributed by atoms with Gasteiger partial charge in [-0.3, -0.25) is 4.79 Å². The molecule has 2 N–H and O–H groups in total. The molecule has 1 saturated heterocycles. The lowest BCUT2D eigenvalue weighted by molar-refractivity contribution is 0.0696. The van der Waals surface area contributed by atoms with E-state index in [0.29, 0.717) is 24.8 Å². The van der Waals surface area contributed by atoms with Gasteiger partial charge in [0, 0.05) is 50.7 Å². The maximum absolute atomic E-state index is 13.1. The monoisotopic (exact) mass is 386 g/mol. The first-order chi connectivity index (χ1) is 13.5. The summed E-state index contributed by atoms with van der Waals surface area (Å²) in [5.74, 6) is 1.72. The molecule has 28 heavy (non-hydrogen) atoms. The highest BCUT2D eigenvalue weighted by Gasteiger charge is 2.29. The molecule has 1 fully saturated rings. The number of anilines is 1. The molecule has 1 atom stereocenters. The maximum Gasteiger partial charge on any atom is 0.272 e. The van der Waals surface area contributed by atoms with E-state index in [-0.39, 0.29) is 17.8 Å². The molecule has 1 amide bonds. The van der Waals surface area contributed by atoms with Gasteiger partial charge in [0.2, 0.25) is 5.95 Å². The van der Waals surface area contributed by atoms with E-state index in [9.17, 15) is 4.79 Å². The third kappa shape index (κ3) is 4.86. The van der Waals surface area contributed by atoms with Crippen molar-refractivity contribution in [1.29, 1.82) is 0 Å². The molecule has 1 unspecified atom stereocenters. The fourth-order valence-corrected chi connectivity index (χ4v) is 3.74. The van der Waals surface area contributed by atoms with Gasteiger partial charge in [-0.15, -0.1) is 0 Å². The van der Waals surface area contributed by atoms with Crippen molar-refractivity contribution >= 4 is 11.9 Å². The molecule has 152 valence electrons. The zero-order chi connectivity index (χ0) is 20.1. The second-order valence-electron chi connectivity index (χ2n) is 7.76. The number of nitrogens with zero attached hydrogens (tertiary/aromatic N) is 5. The van der Waals surface area contributed by atoms with E-state index in [1.54, 1.807) is 13.2 Å². The SMILES string of the molecule is COCCn1ccnc1C1CCCN(C(=O)c2cc(CC(C)C)nc(N)n2)C1. The van der Waals surface area contributed by atoms with E-state index < -0.39 is 0 Å². The smallest absolute Gasteiger partial charge is 0.272 e. The number of imidazole rings is 1. The van der Waals surface area contributed by atoms with Crippen molar-refractivity contribution in [3.63, 3.8) is 0 Å². The zero-order valence-electron chi connectivity index (χ0n) is 17.0. The second-order valence-corrected chi connectivity index (χ2v) is 7.76. The van der Waals surface area contributed by atoms with Crippen LogP contribution in [-0.4, -0.2) is 57.1 Å². The van der Waals surface area contributed by atoms with Gasteiger partial charge in [0.25, 0.3) is 5.91 Å². The highest BCUT2D eigenvalue weighted by molar-refractivity contribution is 5.92. The van der Waals surface area contributed by atoms with Crippen LogP contribution in [0.1, 0.15) is 54.6 Å². The van der Waals surface area contributed by atoms with Gasteiger partial charge in [-0.2, -0.15) is 0 Å². The van der Waals surface area contributed by atoms with E-state index >= 15 is 0 Å². The number of nitrogens with two attached hydrogens (primary N) is 1. The molecule has 0 saturated carbocycles. The molecule has 8 heteroatoms. The van der Waals surface area contributed by atoms with Crippen LogP contribution in [0, 0.1) is 5.92 Å². The number of carbonyl (C=O) groups excluding carboxylic acids is 1. The van der Waals surface area contributed by atoms with Crippen LogP contribution >= 0.6 is 0 Å². The Kier molecular flexibility index (Phi) is 6.61. The average molecular weight is 387 g/mol. The van der Waals surface area contributed by atoms with Crippen molar-refractivity contribution in [2.24, 2.45) is 5.92 Å². The number of hydrogen-bond acceptors (Lipinski definition) is 6. The summed E-state index contributed by atoms with van der Waals surface area (Å²) in [6, 6.07) is 1.78. The predicted octanol–water partition coefficient (Wildman–Crippen LogP) is 2.12. The van der Waals surface area contributed by atoms with E-state index in [1.165, 1.54) is 0 Å². The summed E-state index contributed by atoms with van der Waals surface area (Å²) in [6.07, 6.45) is 6.51. The molecular weight excluding hydrogens is 356 g/mol. The first-order valence-corrected chi connectivity index (χ1v) is 9.90. The lowest BCUT2D eigenvalue weighted by Crippen LogP contribution is -2.40. The van der Waals surface area contributed by atoms with Gasteiger partial charge >= 0.3 is 0 Å². The van der Waals surface area contributed by atoms with Crippen LogP contribution in [0.15, 0.2) is 18.5 Å². The van der Waals surface area contributed by atoms with Crippen LogP contribution < -0.4 is 5.73 Å². The van der Waals surface area contributed by atoms with Gasteiger partial charge in [0.15, 0.2) is 0 Å². The first-order valence-electron chi connectivity index (χ1n) is 9.90. The molecule has 0 bridgehead atoms. The Hall–Kier alpha value is -2.48. The van der Waals surface area contributed by atoms with Gasteiger partial charge in [-0.25, -0.2) is 15.0 Å². The van der Waals surface area contributed by atoms with Crippen LogP contribution in [0.4, 0.5) is 5.95 Å². The Labute approximate surface area is 166 Å². The van der Waals surface area contributed by atoms with E-state index in [1.807, 2.05) is 17.3 Å². The lowest BCUT2D eigenvalue weighted by atomic mass is 9.96. The minimum Gasteiger partial charge on any atom is -0.383 e. The standard InChI is InChI=1S/C20H30N6O2/c1-14(2)11-16-12-17(24-20(21)23-16)19(27)26-7-4-5-15(13-26)18-22-6-8-25(18)9-10-28-3/h6,8,12,14-15H,4-5,7,9-11,13H2,1-3H3,(H2,21,23,24). The summed E-state index contributed by atoms with van der Waals surface area (Å²) >= 11 is 0. The zero-order valence-corrected chi connectivity index (χ0v) is 17.0. The lowest BCUT2D eigenvalue weighted by Gasteiger charge is -2.32. The van der Waals surface area contributed by atoms with Gasteiger partial charge in [-0.05, 0) is 31.2 Å². The fourth-order valence-electron chi connectivity index (χ4n) is 3.74. The Bertz CT molecular complexity index is 804. The molecule has 8 nitrogen and oxygen atoms in total. The number of amides is 1. The Morgan fingerprint density at radius 1 is 1.39 bits per heavy atom. The Morgan fingerprint density at radius 2 is 2.21 bits per heavy atom. The van der Waals surface area contributed by atoms with Crippen LogP contribution in [0.5, 0.6) is 0 Å². The van der Waals surface area contributed by atoms with Crippen molar-refractivity contribution < 1.29 is 9.53 Å². The number of methoxy groups -OCH3 is 1. The molecule has 0 aliphatic carbocycles. The predicted molar refractivity (Wildman–Crippen MR) is 107 cm³/mol. The number of aromatic nitrogens is 4. The summed E-state index contributed by atoms with van der Waals surface area (Å²) in [6.45, 7) is 6.97. The number of likely N-dealkylation sites (tertiary alicyclic amines) is 1. The van der Waals surface area contributed by atoms with Gasteiger partial charge < -0.3 is 19.9 Å². The molecule has 0 aromatic carbocycles. The third-order valence-electron chi connectivity index (χ3n) is 4.99. The maximum atomic E-state index is 13.1. The summed E-state index contributed by atoms with van der Waals surface area (Å²) in [5, 5.41) is 0. The topological polar surface area (TPSA) is 99.2 Å². The van der Waals surface area contributed by atoms with E-state index in [0.717, 1.165) is 43.9 Å². The number of rotatable bonds is 7. The highest BCUT2D eigenvalue weighted by Crippen LogP contribution is 2.27. The quantitative estimate of drug-likeness (QED) is 0.782. The summed E-state index contributed by atoms with van der Waals surface area (Å²) in [4.78, 5) is 28.0. The number of carbonyl (C=O) groups is 1. The fraction of sp³-hybridized carbons (Fsp3) is 0.600. The molecule has 2 aromatic heterocycles. The normalized spacial score (nSPS) is 17.3. The highest BCUT2D eigenvalue weighted by atomic mass is 16.5. The first kappa shape index (κ1) is 20.3. The molecule has 0 radical (unpaired) electrons. The van der Waals surface area contributed by atoms with Crippen molar-refractivity contribution in [3.05, 3.63) is 35.7 Å². The molecular formula is C20H30N6O2. The van der Waals surface area contributed by atoms with Gasteiger partial charge in [0.05, 0.1) is 6.61 Å². The molecule has 3 heterocycles. The number of nitrogen functional groups attached to an aromatic ring is 1. The van der Waals surface area contributed by atoms with E-state index in [2.05, 4.69) is 33.4 Å². The molecule has 0 spiro atoms. The summed E-state index contributed by atoms with van der Waals surface area (Å²) in [7, 11) is 1.69. The van der Waals surface area contributed by atoms with Crippen molar-refractivity contribution in [1.82, 2.24) is 24.4 Å². The number of ether oxygens (including phenoxy) is 1. The molecule has 1 aliphatic rings. The van der Waals surface area contributed by atoms with Crippen LogP contribution in [-0.2, 0) is 17.7 Å². The Morgan fingerprint density at radius 3 is 2.96 bits per heavy atom.